The summed E-state index contributed by atoms with van der Waals surface area (Å²) in [6, 6.07) is -0.495. The molecule has 3 aliphatic heterocycles. The second-order valence-electron chi connectivity index (χ2n) is 5.50. The molecule has 0 unspecified atom stereocenters. The quantitative estimate of drug-likeness (QED) is 0.639. The number of piperidine rings is 1. The van der Waals surface area contributed by atoms with E-state index in [2.05, 4.69) is 10.6 Å². The van der Waals surface area contributed by atoms with Gasteiger partial charge in [-0.25, -0.2) is 4.79 Å². The minimum Gasteiger partial charge on any atom is -0.323 e. The normalized spacial score (nSPS) is 27.8. The topological polar surface area (TPSA) is 98.8 Å². The van der Waals surface area contributed by atoms with Crippen LogP contribution in [0.3, 0.4) is 0 Å². The first kappa shape index (κ1) is 13.8. The second kappa shape index (κ2) is 4.68. The van der Waals surface area contributed by atoms with Crippen LogP contribution in [-0.2, 0) is 15.0 Å². The number of urea groups is 1. The molecule has 20 heavy (non-hydrogen) atoms. The van der Waals surface area contributed by atoms with Gasteiger partial charge in [0.25, 0.3) is 16.1 Å². The number of amides is 3. The van der Waals surface area contributed by atoms with Crippen molar-refractivity contribution in [1.29, 1.82) is 0 Å². The van der Waals surface area contributed by atoms with Gasteiger partial charge in [0.05, 0.1) is 0 Å². The molecule has 112 valence electrons. The Morgan fingerprint density at radius 3 is 2.00 bits per heavy atom. The lowest BCUT2D eigenvalue weighted by Gasteiger charge is -2.37. The summed E-state index contributed by atoms with van der Waals surface area (Å²) in [6.45, 7) is 1.65. The lowest BCUT2D eigenvalue weighted by Crippen LogP contribution is -2.57. The lowest BCUT2D eigenvalue weighted by molar-refractivity contribution is -0.125. The fourth-order valence-electron chi connectivity index (χ4n) is 3.06. The summed E-state index contributed by atoms with van der Waals surface area (Å²) in [7, 11) is -3.42. The number of nitrogens with one attached hydrogen (secondary N) is 2. The second-order valence-corrected chi connectivity index (χ2v) is 7.43. The third-order valence-corrected chi connectivity index (χ3v) is 6.34. The highest BCUT2D eigenvalue weighted by atomic mass is 32.2. The van der Waals surface area contributed by atoms with Crippen LogP contribution in [0.5, 0.6) is 0 Å². The molecule has 3 saturated heterocycles. The van der Waals surface area contributed by atoms with Crippen molar-refractivity contribution in [3.8, 4) is 0 Å². The average molecular weight is 302 g/mol. The summed E-state index contributed by atoms with van der Waals surface area (Å²) in [5.41, 5.74) is -0.923. The largest absolute Gasteiger partial charge is 0.323 e. The molecule has 3 fully saturated rings. The maximum Gasteiger partial charge on any atom is 0.322 e. The molecule has 0 radical (unpaired) electrons. The van der Waals surface area contributed by atoms with Crippen LogP contribution in [-0.4, -0.2) is 60.7 Å². The zero-order chi connectivity index (χ0) is 14.4. The van der Waals surface area contributed by atoms with Gasteiger partial charge >= 0.3 is 6.03 Å². The van der Waals surface area contributed by atoms with E-state index in [1.807, 2.05) is 0 Å². The van der Waals surface area contributed by atoms with E-state index >= 15 is 0 Å². The summed E-state index contributed by atoms with van der Waals surface area (Å²) in [5.74, 6) is -0.347. The molecule has 0 aromatic carbocycles. The van der Waals surface area contributed by atoms with Crippen molar-refractivity contribution in [3.63, 3.8) is 0 Å². The number of hydrogen-bond donors (Lipinski definition) is 2. The molecule has 0 atom stereocenters. The predicted octanol–water partition coefficient (Wildman–Crippen LogP) is -0.999. The molecule has 0 aromatic heterocycles. The van der Waals surface area contributed by atoms with Crippen molar-refractivity contribution in [2.75, 3.05) is 26.2 Å². The van der Waals surface area contributed by atoms with Gasteiger partial charge in [0.1, 0.15) is 5.54 Å². The first-order chi connectivity index (χ1) is 9.44. The van der Waals surface area contributed by atoms with E-state index in [-0.39, 0.29) is 19.0 Å². The summed E-state index contributed by atoms with van der Waals surface area (Å²) in [5, 5.41) is 4.84. The van der Waals surface area contributed by atoms with E-state index in [0.29, 0.717) is 25.9 Å². The van der Waals surface area contributed by atoms with Gasteiger partial charge in [-0.2, -0.15) is 17.0 Å². The van der Waals surface area contributed by atoms with Crippen LogP contribution in [0.4, 0.5) is 4.79 Å². The fourth-order valence-corrected chi connectivity index (χ4v) is 4.75. The zero-order valence-corrected chi connectivity index (χ0v) is 11.9. The van der Waals surface area contributed by atoms with Gasteiger partial charge in [0, 0.05) is 26.2 Å². The molecule has 3 amide bonds. The van der Waals surface area contributed by atoms with E-state index in [1.165, 1.54) is 8.61 Å². The minimum absolute atomic E-state index is 0.256. The first-order valence-electron chi connectivity index (χ1n) is 6.83. The number of carbonyl (C=O) groups excluding carboxylic acids is 2. The maximum absolute atomic E-state index is 12.4. The van der Waals surface area contributed by atoms with Crippen LogP contribution in [0, 0.1) is 0 Å². The third kappa shape index (κ3) is 2.09. The third-order valence-electron chi connectivity index (χ3n) is 4.31. The van der Waals surface area contributed by atoms with Crippen molar-refractivity contribution in [2.24, 2.45) is 0 Å². The average Bonchev–Trinajstić information content (AvgIpc) is 3.00. The Balaban J connectivity index is 1.69. The Bertz CT molecular complexity index is 533. The van der Waals surface area contributed by atoms with Crippen LogP contribution in [0.1, 0.15) is 25.7 Å². The van der Waals surface area contributed by atoms with E-state index < -0.39 is 21.8 Å². The number of hydrogen-bond acceptors (Lipinski definition) is 4. The van der Waals surface area contributed by atoms with Crippen LogP contribution < -0.4 is 10.6 Å². The molecule has 2 N–H and O–H groups in total. The van der Waals surface area contributed by atoms with Gasteiger partial charge in [-0.05, 0) is 25.7 Å². The predicted molar refractivity (Wildman–Crippen MR) is 69.9 cm³/mol. The highest BCUT2D eigenvalue weighted by molar-refractivity contribution is 7.86. The summed E-state index contributed by atoms with van der Waals surface area (Å²) in [4.78, 5) is 23.0. The van der Waals surface area contributed by atoms with Crippen molar-refractivity contribution in [1.82, 2.24) is 19.2 Å². The molecule has 3 rings (SSSR count). The molecule has 0 aromatic rings. The monoisotopic (exact) mass is 302 g/mol. The zero-order valence-electron chi connectivity index (χ0n) is 11.1. The van der Waals surface area contributed by atoms with Crippen molar-refractivity contribution < 1.29 is 18.0 Å². The molecule has 8 nitrogen and oxygen atoms in total. The Morgan fingerprint density at radius 2 is 1.50 bits per heavy atom. The SMILES string of the molecule is O=C1NC(=O)C2(CCN(S(=O)(=O)N3CCCC3)CC2)N1. The van der Waals surface area contributed by atoms with Gasteiger partial charge in [-0.3, -0.25) is 10.1 Å². The van der Waals surface area contributed by atoms with Gasteiger partial charge in [0.15, 0.2) is 0 Å². The van der Waals surface area contributed by atoms with Crippen molar-refractivity contribution >= 4 is 22.1 Å². The van der Waals surface area contributed by atoms with E-state index in [0.717, 1.165) is 12.8 Å². The van der Waals surface area contributed by atoms with Gasteiger partial charge in [-0.15, -0.1) is 0 Å². The fraction of sp³-hybridized carbons (Fsp3) is 0.818. The lowest BCUT2D eigenvalue weighted by atomic mass is 9.89. The van der Waals surface area contributed by atoms with Gasteiger partial charge in [0.2, 0.25) is 0 Å². The van der Waals surface area contributed by atoms with Crippen molar-refractivity contribution in [2.45, 2.75) is 31.2 Å². The first-order valence-corrected chi connectivity index (χ1v) is 8.23. The van der Waals surface area contributed by atoms with Gasteiger partial charge in [-0.1, -0.05) is 0 Å². The Hall–Kier alpha value is -1.19. The number of imide groups is 1. The smallest absolute Gasteiger partial charge is 0.322 e. The van der Waals surface area contributed by atoms with Crippen LogP contribution in [0.25, 0.3) is 0 Å². The van der Waals surface area contributed by atoms with Crippen LogP contribution >= 0.6 is 0 Å². The van der Waals surface area contributed by atoms with Gasteiger partial charge < -0.3 is 5.32 Å². The summed E-state index contributed by atoms with van der Waals surface area (Å²) >= 11 is 0. The number of rotatable bonds is 2. The minimum atomic E-state index is -3.42. The summed E-state index contributed by atoms with van der Waals surface area (Å²) < 4.78 is 27.7. The highest BCUT2D eigenvalue weighted by Crippen LogP contribution is 2.28. The van der Waals surface area contributed by atoms with E-state index in [1.54, 1.807) is 0 Å². The Kier molecular flexibility index (Phi) is 3.22. The van der Waals surface area contributed by atoms with E-state index in [4.69, 9.17) is 0 Å². The molecule has 0 aliphatic carbocycles. The number of carbonyl (C=O) groups is 2. The summed E-state index contributed by atoms with van der Waals surface area (Å²) in [6.07, 6.45) is 2.43. The Morgan fingerprint density at radius 1 is 0.950 bits per heavy atom. The van der Waals surface area contributed by atoms with Crippen LogP contribution in [0.2, 0.25) is 0 Å². The highest BCUT2D eigenvalue weighted by Gasteiger charge is 2.49. The van der Waals surface area contributed by atoms with E-state index in [9.17, 15) is 18.0 Å². The molecular weight excluding hydrogens is 284 g/mol. The molecule has 0 saturated carbocycles. The molecular formula is C11H18N4O4S. The number of nitrogens with zero attached hydrogens (tertiary/aromatic N) is 2. The molecule has 3 aliphatic rings. The molecule has 0 bridgehead atoms. The van der Waals surface area contributed by atoms with Crippen molar-refractivity contribution in [3.05, 3.63) is 0 Å². The molecule has 3 heterocycles. The Labute approximate surface area is 117 Å². The molecule has 9 heteroatoms. The maximum atomic E-state index is 12.4. The molecule has 1 spiro atoms. The van der Waals surface area contributed by atoms with Crippen LogP contribution in [0.15, 0.2) is 0 Å². The standard InChI is InChI=1S/C11H18N4O4S/c16-9-11(13-10(17)12-9)3-7-15(8-4-11)20(18,19)14-5-1-2-6-14/h1-8H2,(H2,12,13,16,17).